The summed E-state index contributed by atoms with van der Waals surface area (Å²) in [6, 6.07) is 5.10. The summed E-state index contributed by atoms with van der Waals surface area (Å²) in [6.07, 6.45) is 0.928. The van der Waals surface area contributed by atoms with Crippen molar-refractivity contribution in [3.05, 3.63) is 29.8 Å². The second-order valence-corrected chi connectivity index (χ2v) is 4.42. The summed E-state index contributed by atoms with van der Waals surface area (Å²) >= 11 is 0. The Morgan fingerprint density at radius 3 is 2.94 bits per heavy atom. The zero-order valence-electron chi connectivity index (χ0n) is 9.20. The van der Waals surface area contributed by atoms with Crippen LogP contribution in [-0.2, 0) is 13.5 Å². The molecule has 4 heteroatoms. The zero-order valence-corrected chi connectivity index (χ0v) is 9.20. The summed E-state index contributed by atoms with van der Waals surface area (Å²) in [5.41, 5.74) is 1.37. The number of aryl methyl sites for hydroxylation is 1. The highest BCUT2D eigenvalue weighted by Gasteiger charge is 2.20. The third kappa shape index (κ3) is 1.41. The van der Waals surface area contributed by atoms with Gasteiger partial charge in [0.25, 0.3) is 0 Å². The van der Waals surface area contributed by atoms with Crippen LogP contribution in [0.4, 0.5) is 4.39 Å². The van der Waals surface area contributed by atoms with Crippen LogP contribution in [0.25, 0.3) is 11.0 Å². The number of rotatable bonds is 2. The molecule has 1 saturated heterocycles. The Bertz CT molecular complexity index is 528. The van der Waals surface area contributed by atoms with E-state index in [9.17, 15) is 4.39 Å². The highest BCUT2D eigenvalue weighted by Crippen LogP contribution is 2.20. The van der Waals surface area contributed by atoms with E-state index in [0.29, 0.717) is 11.4 Å². The van der Waals surface area contributed by atoms with Crippen molar-refractivity contribution in [2.45, 2.75) is 6.42 Å². The second kappa shape index (κ2) is 3.56. The third-order valence-corrected chi connectivity index (χ3v) is 3.29. The van der Waals surface area contributed by atoms with Gasteiger partial charge in [-0.25, -0.2) is 9.37 Å². The van der Waals surface area contributed by atoms with E-state index in [1.807, 2.05) is 17.7 Å². The number of aromatic nitrogens is 2. The van der Waals surface area contributed by atoms with Gasteiger partial charge in [-0.15, -0.1) is 0 Å². The lowest BCUT2D eigenvalue weighted by molar-refractivity contribution is 0.339. The van der Waals surface area contributed by atoms with E-state index in [2.05, 4.69) is 10.3 Å². The van der Waals surface area contributed by atoms with E-state index < -0.39 is 0 Å². The van der Waals surface area contributed by atoms with Gasteiger partial charge < -0.3 is 9.88 Å². The molecule has 84 valence electrons. The normalized spacial score (nSPS) is 16.6. The van der Waals surface area contributed by atoms with Crippen LogP contribution in [0.1, 0.15) is 5.82 Å². The lowest BCUT2D eigenvalue weighted by Crippen LogP contribution is -2.43. The molecular formula is C12H14FN3. The van der Waals surface area contributed by atoms with E-state index in [1.54, 1.807) is 6.07 Å². The number of hydrogen-bond donors (Lipinski definition) is 1. The predicted octanol–water partition coefficient (Wildman–Crippen LogP) is 1.47. The first kappa shape index (κ1) is 9.78. The Labute approximate surface area is 93.3 Å². The molecule has 1 aromatic carbocycles. The number of benzene rings is 1. The summed E-state index contributed by atoms with van der Waals surface area (Å²) in [5.74, 6) is 1.40. The molecule has 0 saturated carbocycles. The Hall–Kier alpha value is -1.42. The Morgan fingerprint density at radius 1 is 1.50 bits per heavy atom. The van der Waals surface area contributed by atoms with Crippen LogP contribution in [0.15, 0.2) is 18.2 Å². The molecule has 1 N–H and O–H groups in total. The largest absolute Gasteiger partial charge is 0.331 e. The van der Waals surface area contributed by atoms with Gasteiger partial charge in [-0.1, -0.05) is 6.07 Å². The number of fused-ring (bicyclic) bond motifs is 1. The minimum absolute atomic E-state index is 0.230. The van der Waals surface area contributed by atoms with Gasteiger partial charge in [-0.05, 0) is 31.1 Å². The van der Waals surface area contributed by atoms with Crippen LogP contribution < -0.4 is 5.32 Å². The van der Waals surface area contributed by atoms with Crippen LogP contribution in [0.2, 0.25) is 0 Å². The van der Waals surface area contributed by atoms with Gasteiger partial charge in [0, 0.05) is 13.5 Å². The molecule has 3 rings (SSSR count). The molecule has 0 radical (unpaired) electrons. The molecule has 1 aliphatic rings. The lowest BCUT2D eigenvalue weighted by atomic mass is 9.99. The monoisotopic (exact) mass is 219 g/mol. The SMILES string of the molecule is Cn1c(CC2CNC2)nc2c(F)cccc21. The quantitative estimate of drug-likeness (QED) is 0.829. The molecule has 1 fully saturated rings. The summed E-state index contributed by atoms with van der Waals surface area (Å²) in [4.78, 5) is 4.39. The highest BCUT2D eigenvalue weighted by atomic mass is 19.1. The first-order chi connectivity index (χ1) is 7.75. The number of nitrogens with zero attached hydrogens (tertiary/aromatic N) is 2. The third-order valence-electron chi connectivity index (χ3n) is 3.29. The van der Waals surface area contributed by atoms with Gasteiger partial charge in [-0.2, -0.15) is 0 Å². The average molecular weight is 219 g/mol. The number of nitrogens with one attached hydrogen (secondary N) is 1. The number of imidazole rings is 1. The Balaban J connectivity index is 2.04. The lowest BCUT2D eigenvalue weighted by Gasteiger charge is -2.26. The Morgan fingerprint density at radius 2 is 2.31 bits per heavy atom. The maximum atomic E-state index is 13.5. The van der Waals surface area contributed by atoms with Gasteiger partial charge in [0.15, 0.2) is 5.82 Å². The van der Waals surface area contributed by atoms with E-state index in [-0.39, 0.29) is 5.82 Å². The minimum atomic E-state index is -0.230. The molecule has 0 atom stereocenters. The van der Waals surface area contributed by atoms with Crippen molar-refractivity contribution in [1.29, 1.82) is 0 Å². The van der Waals surface area contributed by atoms with E-state index in [1.165, 1.54) is 6.07 Å². The van der Waals surface area contributed by atoms with Crippen molar-refractivity contribution < 1.29 is 4.39 Å². The highest BCUT2D eigenvalue weighted by molar-refractivity contribution is 5.76. The molecular weight excluding hydrogens is 205 g/mol. The fourth-order valence-corrected chi connectivity index (χ4v) is 2.16. The van der Waals surface area contributed by atoms with Crippen LogP contribution in [-0.4, -0.2) is 22.6 Å². The van der Waals surface area contributed by atoms with E-state index in [0.717, 1.165) is 30.9 Å². The van der Waals surface area contributed by atoms with E-state index in [4.69, 9.17) is 0 Å². The Kier molecular flexibility index (Phi) is 2.17. The number of para-hydroxylation sites is 1. The number of halogens is 1. The summed E-state index contributed by atoms with van der Waals surface area (Å²) in [7, 11) is 1.95. The summed E-state index contributed by atoms with van der Waals surface area (Å²) < 4.78 is 15.5. The van der Waals surface area contributed by atoms with Gasteiger partial charge in [0.05, 0.1) is 5.52 Å². The minimum Gasteiger partial charge on any atom is -0.331 e. The molecule has 1 aromatic heterocycles. The van der Waals surface area contributed by atoms with Gasteiger partial charge in [0.1, 0.15) is 11.3 Å². The first-order valence-corrected chi connectivity index (χ1v) is 5.56. The molecule has 0 bridgehead atoms. The standard InChI is InChI=1S/C12H14FN3/c1-16-10-4-2-3-9(13)12(10)15-11(16)5-8-6-14-7-8/h2-4,8,14H,5-7H2,1H3. The smallest absolute Gasteiger partial charge is 0.151 e. The van der Waals surface area contributed by atoms with Gasteiger partial charge in [0.2, 0.25) is 0 Å². The van der Waals surface area contributed by atoms with Crippen molar-refractivity contribution in [2.75, 3.05) is 13.1 Å². The van der Waals surface area contributed by atoms with Crippen molar-refractivity contribution in [3.8, 4) is 0 Å². The van der Waals surface area contributed by atoms with Gasteiger partial charge in [-0.3, -0.25) is 0 Å². The maximum absolute atomic E-state index is 13.5. The van der Waals surface area contributed by atoms with Crippen molar-refractivity contribution >= 4 is 11.0 Å². The van der Waals surface area contributed by atoms with Crippen LogP contribution in [0.3, 0.4) is 0 Å². The molecule has 3 nitrogen and oxygen atoms in total. The molecule has 2 aromatic rings. The topological polar surface area (TPSA) is 29.9 Å². The van der Waals surface area contributed by atoms with Crippen LogP contribution >= 0.6 is 0 Å². The zero-order chi connectivity index (χ0) is 11.1. The summed E-state index contributed by atoms with van der Waals surface area (Å²) in [6.45, 7) is 2.09. The average Bonchev–Trinajstić information content (AvgIpc) is 2.52. The molecule has 0 amide bonds. The van der Waals surface area contributed by atoms with Crippen molar-refractivity contribution in [2.24, 2.45) is 13.0 Å². The van der Waals surface area contributed by atoms with Crippen molar-refractivity contribution in [3.63, 3.8) is 0 Å². The predicted molar refractivity (Wildman–Crippen MR) is 60.7 cm³/mol. The molecule has 2 heterocycles. The maximum Gasteiger partial charge on any atom is 0.151 e. The van der Waals surface area contributed by atoms with Gasteiger partial charge >= 0.3 is 0 Å². The second-order valence-electron chi connectivity index (χ2n) is 4.42. The molecule has 1 aliphatic heterocycles. The number of hydrogen-bond acceptors (Lipinski definition) is 2. The molecule has 0 spiro atoms. The summed E-state index contributed by atoms with van der Waals surface area (Å²) in [5, 5.41) is 3.23. The fourth-order valence-electron chi connectivity index (χ4n) is 2.16. The molecule has 16 heavy (non-hydrogen) atoms. The van der Waals surface area contributed by atoms with E-state index >= 15 is 0 Å². The van der Waals surface area contributed by atoms with Crippen LogP contribution in [0.5, 0.6) is 0 Å². The first-order valence-electron chi connectivity index (χ1n) is 5.56. The fraction of sp³-hybridized carbons (Fsp3) is 0.417. The van der Waals surface area contributed by atoms with Crippen molar-refractivity contribution in [1.82, 2.24) is 14.9 Å². The van der Waals surface area contributed by atoms with Crippen LogP contribution in [0, 0.1) is 11.7 Å². The molecule has 0 unspecified atom stereocenters. The molecule has 0 aliphatic carbocycles.